The van der Waals surface area contributed by atoms with Crippen molar-refractivity contribution in [2.75, 3.05) is 0 Å². The number of carbonyl (C=O) groups is 1. The monoisotopic (exact) mass is 284 g/mol. The summed E-state index contributed by atoms with van der Waals surface area (Å²) in [5.41, 5.74) is 1.29. The van der Waals surface area contributed by atoms with Gasteiger partial charge in [0.2, 0.25) is 0 Å². The minimum atomic E-state index is -0.911. The first-order chi connectivity index (χ1) is 10.1. The third kappa shape index (κ3) is 4.35. The molecule has 1 unspecified atom stereocenters. The maximum Gasteiger partial charge on any atom is 0.335 e. The summed E-state index contributed by atoms with van der Waals surface area (Å²) >= 11 is 0. The maximum atomic E-state index is 10.9. The van der Waals surface area contributed by atoms with E-state index in [-0.39, 0.29) is 6.10 Å². The lowest BCUT2D eigenvalue weighted by molar-refractivity contribution is 0.0696. The van der Waals surface area contributed by atoms with Crippen LogP contribution in [0.5, 0.6) is 5.75 Å². The standard InChI is InChI=1S/C18H20O3/c1-13(2)12-17(21-16-6-4-3-5-7-16)14-8-10-15(11-9-14)18(19)20/h3-11,13,17H,12H2,1-2H3,(H,19,20). The molecule has 3 nitrogen and oxygen atoms in total. The Labute approximate surface area is 125 Å². The molecule has 0 amide bonds. The molecule has 0 aliphatic heterocycles. The highest BCUT2D eigenvalue weighted by molar-refractivity contribution is 5.87. The molecule has 0 aromatic heterocycles. The number of rotatable bonds is 6. The molecule has 110 valence electrons. The highest BCUT2D eigenvalue weighted by Gasteiger charge is 2.16. The molecule has 2 aromatic carbocycles. The third-order valence-electron chi connectivity index (χ3n) is 3.24. The van der Waals surface area contributed by atoms with E-state index in [1.165, 1.54) is 0 Å². The van der Waals surface area contributed by atoms with Crippen molar-refractivity contribution in [3.63, 3.8) is 0 Å². The van der Waals surface area contributed by atoms with E-state index in [0.29, 0.717) is 11.5 Å². The van der Waals surface area contributed by atoms with Crippen molar-refractivity contribution < 1.29 is 14.6 Å². The number of hydrogen-bond donors (Lipinski definition) is 1. The van der Waals surface area contributed by atoms with Crippen LogP contribution in [0, 0.1) is 5.92 Å². The third-order valence-corrected chi connectivity index (χ3v) is 3.24. The van der Waals surface area contributed by atoms with Crippen LogP contribution in [0.2, 0.25) is 0 Å². The van der Waals surface area contributed by atoms with E-state index < -0.39 is 5.97 Å². The summed E-state index contributed by atoms with van der Waals surface area (Å²) in [6.45, 7) is 4.29. The van der Waals surface area contributed by atoms with E-state index in [0.717, 1.165) is 17.7 Å². The minimum Gasteiger partial charge on any atom is -0.486 e. The molecular weight excluding hydrogens is 264 g/mol. The Hall–Kier alpha value is -2.29. The van der Waals surface area contributed by atoms with Crippen LogP contribution in [0.15, 0.2) is 54.6 Å². The number of ether oxygens (including phenoxy) is 1. The predicted octanol–water partition coefficient (Wildman–Crippen LogP) is 4.55. The second-order valence-corrected chi connectivity index (χ2v) is 5.48. The van der Waals surface area contributed by atoms with Gasteiger partial charge < -0.3 is 9.84 Å². The summed E-state index contributed by atoms with van der Waals surface area (Å²) in [4.78, 5) is 10.9. The highest BCUT2D eigenvalue weighted by atomic mass is 16.5. The molecule has 0 radical (unpaired) electrons. The van der Waals surface area contributed by atoms with Gasteiger partial charge in [0.25, 0.3) is 0 Å². The largest absolute Gasteiger partial charge is 0.486 e. The van der Waals surface area contributed by atoms with Gasteiger partial charge in [-0.2, -0.15) is 0 Å². The Morgan fingerprint density at radius 1 is 1.05 bits per heavy atom. The molecule has 2 rings (SSSR count). The first kappa shape index (κ1) is 15.1. The van der Waals surface area contributed by atoms with Gasteiger partial charge in [0.15, 0.2) is 0 Å². The SMILES string of the molecule is CC(C)CC(Oc1ccccc1)c1ccc(C(=O)O)cc1. The van der Waals surface area contributed by atoms with Crippen molar-refractivity contribution in [1.29, 1.82) is 0 Å². The fraction of sp³-hybridized carbons (Fsp3) is 0.278. The van der Waals surface area contributed by atoms with Crippen molar-refractivity contribution in [3.05, 3.63) is 65.7 Å². The van der Waals surface area contributed by atoms with Crippen LogP contribution in [-0.2, 0) is 0 Å². The molecular formula is C18H20O3. The first-order valence-corrected chi connectivity index (χ1v) is 7.11. The summed E-state index contributed by atoms with van der Waals surface area (Å²) in [6.07, 6.45) is 0.802. The molecule has 0 saturated heterocycles. The molecule has 0 fully saturated rings. The molecule has 0 aliphatic rings. The van der Waals surface area contributed by atoms with Gasteiger partial charge in [0.05, 0.1) is 5.56 Å². The Morgan fingerprint density at radius 2 is 1.67 bits per heavy atom. The van der Waals surface area contributed by atoms with Gasteiger partial charge >= 0.3 is 5.97 Å². The molecule has 2 aromatic rings. The lowest BCUT2D eigenvalue weighted by Gasteiger charge is -2.21. The number of hydrogen-bond acceptors (Lipinski definition) is 2. The van der Waals surface area contributed by atoms with Gasteiger partial charge in [-0.15, -0.1) is 0 Å². The average molecular weight is 284 g/mol. The van der Waals surface area contributed by atoms with E-state index in [4.69, 9.17) is 9.84 Å². The zero-order valence-electron chi connectivity index (χ0n) is 12.3. The molecule has 0 aliphatic carbocycles. The van der Waals surface area contributed by atoms with E-state index in [9.17, 15) is 4.79 Å². The van der Waals surface area contributed by atoms with Gasteiger partial charge in [0.1, 0.15) is 11.9 Å². The highest BCUT2D eigenvalue weighted by Crippen LogP contribution is 2.27. The first-order valence-electron chi connectivity index (χ1n) is 7.11. The molecule has 0 spiro atoms. The van der Waals surface area contributed by atoms with Crippen molar-refractivity contribution in [3.8, 4) is 5.75 Å². The van der Waals surface area contributed by atoms with Gasteiger partial charge in [-0.1, -0.05) is 44.2 Å². The molecule has 0 bridgehead atoms. The molecule has 1 N–H and O–H groups in total. The van der Waals surface area contributed by atoms with Crippen LogP contribution < -0.4 is 4.74 Å². The zero-order chi connectivity index (χ0) is 15.2. The maximum absolute atomic E-state index is 10.9. The topological polar surface area (TPSA) is 46.5 Å². The lowest BCUT2D eigenvalue weighted by atomic mass is 9.98. The Balaban J connectivity index is 2.21. The van der Waals surface area contributed by atoms with Crippen LogP contribution in [0.1, 0.15) is 42.3 Å². The zero-order valence-corrected chi connectivity index (χ0v) is 12.3. The molecule has 0 heterocycles. The van der Waals surface area contributed by atoms with Crippen LogP contribution in [-0.4, -0.2) is 11.1 Å². The van der Waals surface area contributed by atoms with Crippen molar-refractivity contribution >= 4 is 5.97 Å². The van der Waals surface area contributed by atoms with Crippen LogP contribution in [0.25, 0.3) is 0 Å². The van der Waals surface area contributed by atoms with Gasteiger partial charge in [-0.25, -0.2) is 4.79 Å². The Morgan fingerprint density at radius 3 is 2.19 bits per heavy atom. The lowest BCUT2D eigenvalue weighted by Crippen LogP contribution is -2.11. The van der Waals surface area contributed by atoms with E-state index in [1.807, 2.05) is 42.5 Å². The predicted molar refractivity (Wildman–Crippen MR) is 82.7 cm³/mol. The Bertz CT molecular complexity index is 573. The number of benzene rings is 2. The van der Waals surface area contributed by atoms with Gasteiger partial charge in [0, 0.05) is 0 Å². The van der Waals surface area contributed by atoms with E-state index >= 15 is 0 Å². The minimum absolute atomic E-state index is 0.0738. The summed E-state index contributed by atoms with van der Waals surface area (Å²) in [5, 5.41) is 8.96. The number of para-hydroxylation sites is 1. The van der Waals surface area contributed by atoms with Crippen molar-refractivity contribution in [2.24, 2.45) is 5.92 Å². The summed E-state index contributed by atoms with van der Waals surface area (Å²) in [6, 6.07) is 16.6. The Kier molecular flexibility index (Phi) is 4.99. The van der Waals surface area contributed by atoms with Crippen LogP contribution in [0.3, 0.4) is 0 Å². The van der Waals surface area contributed by atoms with Gasteiger partial charge in [-0.3, -0.25) is 0 Å². The second kappa shape index (κ2) is 6.93. The molecule has 21 heavy (non-hydrogen) atoms. The summed E-state index contributed by atoms with van der Waals surface area (Å²) < 4.78 is 6.06. The average Bonchev–Trinajstić information content (AvgIpc) is 2.47. The number of carboxylic acids is 1. The second-order valence-electron chi connectivity index (χ2n) is 5.48. The van der Waals surface area contributed by atoms with E-state index in [2.05, 4.69) is 13.8 Å². The molecule has 0 saturated carbocycles. The molecule has 3 heteroatoms. The van der Waals surface area contributed by atoms with E-state index in [1.54, 1.807) is 12.1 Å². The number of carboxylic acid groups (broad SMARTS) is 1. The van der Waals surface area contributed by atoms with Crippen molar-refractivity contribution in [1.82, 2.24) is 0 Å². The normalized spacial score (nSPS) is 12.1. The fourth-order valence-electron chi connectivity index (χ4n) is 2.18. The number of aromatic carboxylic acids is 1. The smallest absolute Gasteiger partial charge is 0.335 e. The van der Waals surface area contributed by atoms with Crippen molar-refractivity contribution in [2.45, 2.75) is 26.4 Å². The van der Waals surface area contributed by atoms with Gasteiger partial charge in [-0.05, 0) is 42.2 Å². The van der Waals surface area contributed by atoms with Crippen LogP contribution >= 0.6 is 0 Å². The molecule has 1 atom stereocenters. The van der Waals surface area contributed by atoms with Crippen LogP contribution in [0.4, 0.5) is 0 Å². The summed E-state index contributed by atoms with van der Waals surface area (Å²) in [5.74, 6) is 0.397. The fourth-order valence-corrected chi connectivity index (χ4v) is 2.18. The quantitative estimate of drug-likeness (QED) is 0.846. The summed E-state index contributed by atoms with van der Waals surface area (Å²) in [7, 11) is 0.